The zero-order valence-corrected chi connectivity index (χ0v) is 13.6. The van der Waals surface area contributed by atoms with E-state index in [0.29, 0.717) is 0 Å². The number of phenols is 1. The molecule has 0 aliphatic heterocycles. The van der Waals surface area contributed by atoms with Crippen LogP contribution in [0.15, 0.2) is 23.1 Å². The summed E-state index contributed by atoms with van der Waals surface area (Å²) < 4.78 is 34.8. The molecule has 0 unspecified atom stereocenters. The average Bonchev–Trinajstić information content (AvgIpc) is 2.01. The Labute approximate surface area is 135 Å². The van der Waals surface area contributed by atoms with Gasteiger partial charge in [0.1, 0.15) is 16.4 Å². The maximum atomic E-state index is 10.7. The fraction of sp³-hybridized carbons (Fsp3) is 0.143. The summed E-state index contributed by atoms with van der Waals surface area (Å²) in [4.78, 5) is -0.368. The van der Waals surface area contributed by atoms with E-state index in [4.69, 9.17) is 9.66 Å². The summed E-state index contributed by atoms with van der Waals surface area (Å²) >= 11 is 0. The Kier molecular flexibility index (Phi) is 8.61. The third-order valence-electron chi connectivity index (χ3n) is 1.43. The van der Waals surface area contributed by atoms with E-state index in [1.165, 1.54) is 7.11 Å². The van der Waals surface area contributed by atoms with Gasteiger partial charge in [-0.05, 0) is 12.1 Å². The Morgan fingerprint density at radius 3 is 2.27 bits per heavy atom. The van der Waals surface area contributed by atoms with Crippen LogP contribution >= 0.6 is 0 Å². The molecule has 0 saturated carbocycles. The zero-order valence-electron chi connectivity index (χ0n) is 10.8. The quantitative estimate of drug-likeness (QED) is 0.406. The number of benzene rings is 1. The van der Waals surface area contributed by atoms with Crippen molar-refractivity contribution in [3.8, 4) is 11.5 Å². The van der Waals surface area contributed by atoms with Crippen LogP contribution in [0.25, 0.3) is 0 Å². The predicted octanol–water partition coefficient (Wildman–Crippen LogP) is -5.12. The van der Waals surface area contributed by atoms with Crippen molar-refractivity contribution in [3.05, 3.63) is 18.2 Å². The molecule has 0 aliphatic carbocycles. The van der Waals surface area contributed by atoms with E-state index < -0.39 is 10.1 Å². The van der Waals surface area contributed by atoms with Crippen molar-refractivity contribution in [1.29, 1.82) is 0 Å². The van der Waals surface area contributed by atoms with Crippen molar-refractivity contribution in [2.75, 3.05) is 7.11 Å². The van der Waals surface area contributed by atoms with E-state index in [-0.39, 0.29) is 78.4 Å². The molecule has 15 heavy (non-hydrogen) atoms. The molecule has 0 spiro atoms. The molecule has 1 aromatic rings. The third-order valence-corrected chi connectivity index (χ3v) is 2.32. The first-order valence-electron chi connectivity index (χ1n) is 3.29. The van der Waals surface area contributed by atoms with Gasteiger partial charge in [0.25, 0.3) is 10.1 Å². The molecule has 0 radical (unpaired) electrons. The Bertz CT molecular complexity index is 426. The molecule has 1 rings (SSSR count). The van der Waals surface area contributed by atoms with Crippen LogP contribution in [0.1, 0.15) is 2.85 Å². The Balaban J connectivity index is -0.000000211. The molecule has 1 aromatic carbocycles. The van der Waals surface area contributed by atoms with E-state index in [1.54, 1.807) is 0 Å². The minimum atomic E-state index is -4.30. The number of phenolic OH excluding ortho intramolecular Hbond substituents is 1. The molecular formula is C7H10Na2O5S. The van der Waals surface area contributed by atoms with Crippen molar-refractivity contribution in [1.82, 2.24) is 0 Å². The van der Waals surface area contributed by atoms with Gasteiger partial charge in [0.15, 0.2) is 0 Å². The normalized spacial score (nSPS) is 9.73. The second kappa shape index (κ2) is 7.13. The van der Waals surface area contributed by atoms with Gasteiger partial charge >= 0.3 is 59.1 Å². The van der Waals surface area contributed by atoms with E-state index in [9.17, 15) is 8.42 Å². The minimum Gasteiger partial charge on any atom is -1.00 e. The van der Waals surface area contributed by atoms with Crippen LogP contribution < -0.4 is 63.9 Å². The van der Waals surface area contributed by atoms with Crippen LogP contribution in [0.2, 0.25) is 0 Å². The summed E-state index contributed by atoms with van der Waals surface area (Å²) in [5.74, 6) is -0.230. The summed E-state index contributed by atoms with van der Waals surface area (Å²) in [5, 5.41) is 8.98. The SMILES string of the molecule is COc1cc(O)ccc1S(=O)(=O)O.[H-].[H-].[Na+].[Na+]. The van der Waals surface area contributed by atoms with E-state index in [0.717, 1.165) is 18.2 Å². The van der Waals surface area contributed by atoms with Gasteiger partial charge in [-0.25, -0.2) is 0 Å². The minimum absolute atomic E-state index is 0. The van der Waals surface area contributed by atoms with Gasteiger partial charge in [-0.3, -0.25) is 4.55 Å². The molecule has 0 aliphatic rings. The number of hydrogen-bond acceptors (Lipinski definition) is 4. The average molecular weight is 252 g/mol. The van der Waals surface area contributed by atoms with Crippen molar-refractivity contribution in [2.45, 2.75) is 4.90 Å². The fourth-order valence-corrected chi connectivity index (χ4v) is 1.51. The maximum absolute atomic E-state index is 10.7. The van der Waals surface area contributed by atoms with Gasteiger partial charge in [0.2, 0.25) is 0 Å². The first-order valence-corrected chi connectivity index (χ1v) is 4.73. The van der Waals surface area contributed by atoms with Gasteiger partial charge in [-0.2, -0.15) is 8.42 Å². The summed E-state index contributed by atoms with van der Waals surface area (Å²) in [5.41, 5.74) is 0. The number of hydrogen-bond donors (Lipinski definition) is 2. The topological polar surface area (TPSA) is 83.8 Å². The monoisotopic (exact) mass is 252 g/mol. The molecule has 0 atom stereocenters. The molecule has 0 saturated heterocycles. The largest absolute Gasteiger partial charge is 1.00 e. The molecule has 0 aromatic heterocycles. The van der Waals surface area contributed by atoms with Gasteiger partial charge in [-0.15, -0.1) is 0 Å². The molecule has 5 nitrogen and oxygen atoms in total. The molecule has 0 fully saturated rings. The summed E-state index contributed by atoms with van der Waals surface area (Å²) in [7, 11) is -3.06. The number of aromatic hydroxyl groups is 1. The summed E-state index contributed by atoms with van der Waals surface area (Å²) in [6.45, 7) is 0. The molecule has 76 valence electrons. The van der Waals surface area contributed by atoms with Crippen LogP contribution in [0.5, 0.6) is 11.5 Å². The second-order valence-corrected chi connectivity index (χ2v) is 3.70. The standard InChI is InChI=1S/C7H8O5S.2Na.2H/c1-12-6-4-5(8)2-3-7(6)13(9,10)11;;;;/h2-4,8H,1H3,(H,9,10,11);;;;/q;2*+1;2*-1. The van der Waals surface area contributed by atoms with E-state index >= 15 is 0 Å². The van der Waals surface area contributed by atoms with Crippen molar-refractivity contribution in [2.24, 2.45) is 0 Å². The van der Waals surface area contributed by atoms with E-state index in [1.807, 2.05) is 0 Å². The predicted molar refractivity (Wildman–Crippen MR) is 46.7 cm³/mol. The fourth-order valence-electron chi connectivity index (χ4n) is 0.869. The Morgan fingerprint density at radius 2 is 1.87 bits per heavy atom. The van der Waals surface area contributed by atoms with Gasteiger partial charge in [-0.1, -0.05) is 0 Å². The molecular weight excluding hydrogens is 242 g/mol. The van der Waals surface area contributed by atoms with Gasteiger partial charge in [0.05, 0.1) is 7.11 Å². The van der Waals surface area contributed by atoms with Gasteiger partial charge < -0.3 is 12.7 Å². The second-order valence-electron chi connectivity index (χ2n) is 2.31. The van der Waals surface area contributed by atoms with Crippen molar-refractivity contribution in [3.63, 3.8) is 0 Å². The Morgan fingerprint density at radius 1 is 1.33 bits per heavy atom. The maximum Gasteiger partial charge on any atom is 1.00 e. The first-order chi connectivity index (χ1) is 5.95. The van der Waals surface area contributed by atoms with Crippen LogP contribution in [0.4, 0.5) is 0 Å². The van der Waals surface area contributed by atoms with Crippen LogP contribution in [-0.2, 0) is 10.1 Å². The third kappa shape index (κ3) is 5.06. The molecule has 0 heterocycles. The molecule has 2 N–H and O–H groups in total. The van der Waals surface area contributed by atoms with Crippen LogP contribution in [0.3, 0.4) is 0 Å². The van der Waals surface area contributed by atoms with Gasteiger partial charge in [0, 0.05) is 6.07 Å². The zero-order chi connectivity index (χ0) is 10.1. The van der Waals surface area contributed by atoms with E-state index in [2.05, 4.69) is 4.74 Å². The number of methoxy groups -OCH3 is 1. The molecule has 8 heteroatoms. The summed E-state index contributed by atoms with van der Waals surface area (Å²) in [6.07, 6.45) is 0. The smallest absolute Gasteiger partial charge is 1.00 e. The number of rotatable bonds is 2. The molecule has 0 bridgehead atoms. The van der Waals surface area contributed by atoms with Crippen molar-refractivity contribution >= 4 is 10.1 Å². The molecule has 0 amide bonds. The summed E-state index contributed by atoms with van der Waals surface area (Å²) in [6, 6.07) is 3.30. The van der Waals surface area contributed by atoms with Crippen LogP contribution in [0, 0.1) is 0 Å². The Hall–Kier alpha value is 0.730. The van der Waals surface area contributed by atoms with Crippen molar-refractivity contribution < 1.29 is 84.8 Å². The van der Waals surface area contributed by atoms with Crippen LogP contribution in [-0.4, -0.2) is 25.2 Å². The number of ether oxygens (including phenoxy) is 1. The first kappa shape index (κ1) is 18.1.